The molecule has 0 amide bonds. The van der Waals surface area contributed by atoms with Crippen LogP contribution in [-0.2, 0) is 0 Å². The molecule has 0 saturated heterocycles. The second kappa shape index (κ2) is 5.68. The molecule has 2 aromatic rings. The van der Waals surface area contributed by atoms with Gasteiger partial charge in [-0.2, -0.15) is 0 Å². The number of nitrogens with zero attached hydrogens (tertiary/aromatic N) is 2. The van der Waals surface area contributed by atoms with Gasteiger partial charge in [0.25, 0.3) is 0 Å². The number of aliphatic hydroxyl groups excluding tert-OH is 1. The Morgan fingerprint density at radius 1 is 1.33 bits per heavy atom. The number of hydrogen-bond donors (Lipinski definition) is 2. The number of aliphatic hydroxyl groups is 1. The summed E-state index contributed by atoms with van der Waals surface area (Å²) in [6.45, 7) is 4.07. The molecule has 1 heterocycles. The zero-order valence-corrected chi connectivity index (χ0v) is 12.9. The molecular weight excluding hydrogens is 262 g/mol. The van der Waals surface area contributed by atoms with Gasteiger partial charge in [0, 0.05) is 11.7 Å². The van der Waals surface area contributed by atoms with E-state index < -0.39 is 6.10 Å². The number of nitrogen functional groups attached to an aromatic ring is 1. The van der Waals surface area contributed by atoms with Crippen LogP contribution in [-0.4, -0.2) is 14.7 Å². The van der Waals surface area contributed by atoms with Crippen LogP contribution in [0.3, 0.4) is 0 Å². The third kappa shape index (κ3) is 2.64. The number of rotatable bonds is 3. The van der Waals surface area contributed by atoms with Crippen LogP contribution < -0.4 is 5.73 Å². The first-order valence-electron chi connectivity index (χ1n) is 8.05. The Morgan fingerprint density at radius 2 is 2.05 bits per heavy atom. The van der Waals surface area contributed by atoms with Crippen LogP contribution >= 0.6 is 0 Å². The Bertz CT molecular complexity index is 624. The van der Waals surface area contributed by atoms with Gasteiger partial charge in [-0.1, -0.05) is 13.3 Å². The van der Waals surface area contributed by atoms with Crippen LogP contribution in [0, 0.1) is 5.92 Å². The van der Waals surface area contributed by atoms with E-state index >= 15 is 0 Å². The quantitative estimate of drug-likeness (QED) is 0.844. The maximum absolute atomic E-state index is 10.1. The molecular formula is C17H25N3O. The summed E-state index contributed by atoms with van der Waals surface area (Å²) in [6, 6.07) is 6.31. The monoisotopic (exact) mass is 287 g/mol. The van der Waals surface area contributed by atoms with E-state index in [1.54, 1.807) is 6.92 Å². The highest BCUT2D eigenvalue weighted by Crippen LogP contribution is 2.37. The van der Waals surface area contributed by atoms with Crippen molar-refractivity contribution in [3.63, 3.8) is 0 Å². The van der Waals surface area contributed by atoms with Crippen molar-refractivity contribution < 1.29 is 5.11 Å². The number of aromatic nitrogens is 2. The summed E-state index contributed by atoms with van der Waals surface area (Å²) in [6.07, 6.45) is 5.62. The van der Waals surface area contributed by atoms with Crippen molar-refractivity contribution in [1.82, 2.24) is 9.55 Å². The molecule has 21 heavy (non-hydrogen) atoms. The van der Waals surface area contributed by atoms with Gasteiger partial charge in [0.1, 0.15) is 11.9 Å². The van der Waals surface area contributed by atoms with Crippen LogP contribution in [0.25, 0.3) is 11.0 Å². The molecule has 1 atom stereocenters. The van der Waals surface area contributed by atoms with Crippen LogP contribution in [0.1, 0.15) is 63.9 Å². The predicted molar refractivity (Wildman–Crippen MR) is 86.1 cm³/mol. The number of imidazole rings is 1. The van der Waals surface area contributed by atoms with Crippen LogP contribution in [0.2, 0.25) is 0 Å². The molecule has 0 bridgehead atoms. The van der Waals surface area contributed by atoms with Crippen molar-refractivity contribution in [2.45, 2.75) is 58.1 Å². The smallest absolute Gasteiger partial charge is 0.138 e. The Balaban J connectivity index is 2.02. The maximum atomic E-state index is 10.1. The molecule has 1 fully saturated rings. The summed E-state index contributed by atoms with van der Waals surface area (Å²) in [5, 5.41) is 10.1. The van der Waals surface area contributed by atoms with E-state index in [9.17, 15) is 5.11 Å². The minimum absolute atomic E-state index is 0.450. The minimum Gasteiger partial charge on any atom is -0.399 e. The van der Waals surface area contributed by atoms with Gasteiger partial charge in [-0.15, -0.1) is 0 Å². The lowest BCUT2D eigenvalue weighted by atomic mass is 9.84. The zero-order chi connectivity index (χ0) is 15.0. The minimum atomic E-state index is -0.553. The zero-order valence-electron chi connectivity index (χ0n) is 12.9. The SMILES string of the molecule is CCC1CCC(n2c(C(C)O)nc3cc(N)ccc32)CC1. The van der Waals surface area contributed by atoms with E-state index in [2.05, 4.69) is 16.5 Å². The maximum Gasteiger partial charge on any atom is 0.138 e. The molecule has 1 unspecified atom stereocenters. The second-order valence-corrected chi connectivity index (χ2v) is 6.35. The Labute approximate surface area is 126 Å². The van der Waals surface area contributed by atoms with Crippen LogP contribution in [0.4, 0.5) is 5.69 Å². The molecule has 1 saturated carbocycles. The van der Waals surface area contributed by atoms with Crippen molar-refractivity contribution in [3.05, 3.63) is 24.0 Å². The lowest BCUT2D eigenvalue weighted by Gasteiger charge is -2.30. The number of hydrogen-bond acceptors (Lipinski definition) is 3. The molecule has 1 aliphatic rings. The highest BCUT2D eigenvalue weighted by Gasteiger charge is 2.26. The number of anilines is 1. The van der Waals surface area contributed by atoms with Gasteiger partial charge in [-0.05, 0) is 56.7 Å². The summed E-state index contributed by atoms with van der Waals surface area (Å²) >= 11 is 0. The van der Waals surface area contributed by atoms with Crippen molar-refractivity contribution in [2.24, 2.45) is 5.92 Å². The van der Waals surface area contributed by atoms with Crippen LogP contribution in [0.5, 0.6) is 0 Å². The lowest BCUT2D eigenvalue weighted by molar-refractivity contribution is 0.174. The normalized spacial score (nSPS) is 24.3. The third-order valence-corrected chi connectivity index (χ3v) is 4.87. The Morgan fingerprint density at radius 3 is 2.67 bits per heavy atom. The molecule has 0 spiro atoms. The average Bonchev–Trinajstić information content (AvgIpc) is 2.86. The number of nitrogens with two attached hydrogens (primary N) is 1. The van der Waals surface area contributed by atoms with Gasteiger partial charge in [0.2, 0.25) is 0 Å². The van der Waals surface area contributed by atoms with Gasteiger partial charge in [-0.25, -0.2) is 4.98 Å². The molecule has 1 aromatic carbocycles. The predicted octanol–water partition coefficient (Wildman–Crippen LogP) is 3.81. The third-order valence-electron chi connectivity index (χ3n) is 4.87. The van der Waals surface area contributed by atoms with Gasteiger partial charge < -0.3 is 15.4 Å². The van der Waals surface area contributed by atoms with Gasteiger partial charge in [0.15, 0.2) is 0 Å². The summed E-state index contributed by atoms with van der Waals surface area (Å²) in [5.74, 6) is 1.64. The molecule has 4 heteroatoms. The Kier molecular flexibility index (Phi) is 3.89. The fourth-order valence-corrected chi connectivity index (χ4v) is 3.62. The van der Waals surface area contributed by atoms with Crippen LogP contribution in [0.15, 0.2) is 18.2 Å². The lowest BCUT2D eigenvalue weighted by Crippen LogP contribution is -2.20. The fraction of sp³-hybridized carbons (Fsp3) is 0.588. The molecule has 4 nitrogen and oxygen atoms in total. The topological polar surface area (TPSA) is 64.1 Å². The highest BCUT2D eigenvalue weighted by molar-refractivity contribution is 5.80. The van der Waals surface area contributed by atoms with E-state index in [0.29, 0.717) is 6.04 Å². The average molecular weight is 287 g/mol. The van der Waals surface area contributed by atoms with Gasteiger partial charge >= 0.3 is 0 Å². The van der Waals surface area contributed by atoms with Crippen molar-refractivity contribution in [3.8, 4) is 0 Å². The first kappa shape index (κ1) is 14.4. The molecule has 1 aromatic heterocycles. The standard InChI is InChI=1S/C17H25N3O/c1-3-12-4-7-14(8-5-12)20-16-9-6-13(18)10-15(16)19-17(20)11(2)21/h6,9-12,14,21H,3-5,7-8,18H2,1-2H3. The second-order valence-electron chi connectivity index (χ2n) is 6.35. The highest BCUT2D eigenvalue weighted by atomic mass is 16.3. The van der Waals surface area contributed by atoms with Crippen molar-refractivity contribution in [1.29, 1.82) is 0 Å². The summed E-state index contributed by atoms with van der Waals surface area (Å²) in [4.78, 5) is 4.62. The Hall–Kier alpha value is -1.55. The van der Waals surface area contributed by atoms with Crippen molar-refractivity contribution in [2.75, 3.05) is 5.73 Å². The number of fused-ring (bicyclic) bond motifs is 1. The van der Waals surface area contributed by atoms with E-state index in [1.165, 1.54) is 32.1 Å². The van der Waals surface area contributed by atoms with E-state index in [0.717, 1.165) is 28.5 Å². The summed E-state index contributed by atoms with van der Waals surface area (Å²) in [5.41, 5.74) is 8.57. The van der Waals surface area contributed by atoms with Crippen molar-refractivity contribution >= 4 is 16.7 Å². The molecule has 0 radical (unpaired) electrons. The van der Waals surface area contributed by atoms with E-state index in [4.69, 9.17) is 5.73 Å². The van der Waals surface area contributed by atoms with Gasteiger partial charge in [0.05, 0.1) is 11.0 Å². The fourth-order valence-electron chi connectivity index (χ4n) is 3.62. The molecule has 114 valence electrons. The first-order valence-corrected chi connectivity index (χ1v) is 8.05. The molecule has 3 rings (SSSR count). The largest absolute Gasteiger partial charge is 0.399 e. The summed E-state index contributed by atoms with van der Waals surface area (Å²) < 4.78 is 2.26. The van der Waals surface area contributed by atoms with E-state index in [1.807, 2.05) is 18.2 Å². The first-order chi connectivity index (χ1) is 10.1. The van der Waals surface area contributed by atoms with Gasteiger partial charge in [-0.3, -0.25) is 0 Å². The van der Waals surface area contributed by atoms with E-state index in [-0.39, 0.29) is 0 Å². The molecule has 3 N–H and O–H groups in total. The summed E-state index contributed by atoms with van der Waals surface area (Å²) in [7, 11) is 0. The number of benzene rings is 1. The molecule has 1 aliphatic carbocycles. The molecule has 0 aliphatic heterocycles.